The number of aryl methyl sites for hydroxylation is 2. The number of benzene rings is 1. The summed E-state index contributed by atoms with van der Waals surface area (Å²) in [5.41, 5.74) is 2.38. The van der Waals surface area contributed by atoms with Gasteiger partial charge in [0.15, 0.2) is 0 Å². The average Bonchev–Trinajstić information content (AvgIpc) is 2.71. The Hall–Kier alpha value is -0.830. The minimum absolute atomic E-state index is 0.254. The lowest BCUT2D eigenvalue weighted by molar-refractivity contribution is 0.703. The molecule has 2 aromatic rings. The minimum Gasteiger partial charge on any atom is -0.309 e. The number of thiophene rings is 1. The Morgan fingerprint density at radius 1 is 1.18 bits per heavy atom. The highest BCUT2D eigenvalue weighted by atomic mass is 35.5. The quantitative estimate of drug-likeness (QED) is 0.871. The predicted molar refractivity (Wildman–Crippen MR) is 76.1 cm³/mol. The van der Waals surface area contributed by atoms with Gasteiger partial charge in [0.1, 0.15) is 0 Å². The van der Waals surface area contributed by atoms with Crippen molar-refractivity contribution >= 4 is 22.9 Å². The van der Waals surface area contributed by atoms with E-state index in [1.54, 1.807) is 0 Å². The number of hydrogen-bond acceptors (Lipinski definition) is 2. The van der Waals surface area contributed by atoms with Gasteiger partial charge in [0, 0.05) is 14.8 Å². The zero-order valence-corrected chi connectivity index (χ0v) is 11.8. The van der Waals surface area contributed by atoms with Crippen molar-refractivity contribution in [3.05, 3.63) is 56.2 Å². The molecule has 0 spiro atoms. The van der Waals surface area contributed by atoms with E-state index in [1.165, 1.54) is 15.3 Å². The normalized spacial score (nSPS) is 12.7. The molecular weight excluding hydrogens is 250 g/mol. The summed E-state index contributed by atoms with van der Waals surface area (Å²) in [6.07, 6.45) is 0. The van der Waals surface area contributed by atoms with Crippen molar-refractivity contribution in [1.82, 2.24) is 5.32 Å². The van der Waals surface area contributed by atoms with Crippen LogP contribution in [0.4, 0.5) is 0 Å². The molecule has 0 fully saturated rings. The Labute approximate surface area is 111 Å². The Kier molecular flexibility index (Phi) is 3.87. The topological polar surface area (TPSA) is 12.0 Å². The first-order valence-corrected chi connectivity index (χ1v) is 6.81. The summed E-state index contributed by atoms with van der Waals surface area (Å²) in [6, 6.07) is 10.8. The fourth-order valence-corrected chi connectivity index (χ4v) is 3.06. The molecule has 0 saturated carbocycles. The van der Waals surface area contributed by atoms with E-state index in [1.807, 2.05) is 31.4 Å². The third-order valence-electron chi connectivity index (χ3n) is 2.85. The summed E-state index contributed by atoms with van der Waals surface area (Å²) in [6.45, 7) is 4.17. The van der Waals surface area contributed by atoms with E-state index in [0.717, 1.165) is 10.6 Å². The highest BCUT2D eigenvalue weighted by molar-refractivity contribution is 7.12. The van der Waals surface area contributed by atoms with Crippen LogP contribution in [0, 0.1) is 13.8 Å². The number of hydrogen-bond donors (Lipinski definition) is 1. The first-order valence-electron chi connectivity index (χ1n) is 5.61. The lowest BCUT2D eigenvalue weighted by atomic mass is 10.0. The molecule has 1 aromatic carbocycles. The van der Waals surface area contributed by atoms with Crippen molar-refractivity contribution in [2.45, 2.75) is 19.9 Å². The minimum atomic E-state index is 0.254. The van der Waals surface area contributed by atoms with Crippen molar-refractivity contribution in [2.24, 2.45) is 0 Å². The second kappa shape index (κ2) is 5.21. The van der Waals surface area contributed by atoms with E-state index >= 15 is 0 Å². The Morgan fingerprint density at radius 3 is 2.47 bits per heavy atom. The van der Waals surface area contributed by atoms with Crippen molar-refractivity contribution in [3.63, 3.8) is 0 Å². The summed E-state index contributed by atoms with van der Waals surface area (Å²) < 4.78 is 0. The molecule has 0 saturated heterocycles. The maximum atomic E-state index is 6.06. The average molecular weight is 266 g/mol. The molecule has 0 aliphatic rings. The third kappa shape index (κ3) is 2.71. The molecule has 2 rings (SSSR count). The second-order valence-corrected chi connectivity index (χ2v) is 5.91. The molecule has 17 heavy (non-hydrogen) atoms. The van der Waals surface area contributed by atoms with E-state index in [4.69, 9.17) is 11.6 Å². The molecule has 3 heteroatoms. The van der Waals surface area contributed by atoms with Gasteiger partial charge in [-0.15, -0.1) is 11.3 Å². The molecule has 1 aromatic heterocycles. The van der Waals surface area contributed by atoms with E-state index in [-0.39, 0.29) is 6.04 Å². The second-order valence-electron chi connectivity index (χ2n) is 4.18. The monoisotopic (exact) mass is 265 g/mol. The van der Waals surface area contributed by atoms with Crippen LogP contribution in [0.2, 0.25) is 5.02 Å². The van der Waals surface area contributed by atoms with Crippen molar-refractivity contribution in [3.8, 4) is 0 Å². The summed E-state index contributed by atoms with van der Waals surface area (Å²) in [5.74, 6) is 0. The summed E-state index contributed by atoms with van der Waals surface area (Å²) in [7, 11) is 1.99. The van der Waals surface area contributed by atoms with E-state index in [0.29, 0.717) is 0 Å². The van der Waals surface area contributed by atoms with Gasteiger partial charge in [-0.1, -0.05) is 23.7 Å². The van der Waals surface area contributed by atoms with Gasteiger partial charge >= 0.3 is 0 Å². The van der Waals surface area contributed by atoms with E-state index in [2.05, 4.69) is 36.5 Å². The number of halogens is 1. The molecule has 1 atom stereocenters. The lowest BCUT2D eigenvalue weighted by Gasteiger charge is -2.16. The van der Waals surface area contributed by atoms with Crippen LogP contribution >= 0.6 is 22.9 Å². The molecule has 1 nitrogen and oxygen atoms in total. The zero-order chi connectivity index (χ0) is 12.4. The molecule has 90 valence electrons. The SMILES string of the molecule is CNC(c1ccc(Cl)c(C)c1)c1ccc(C)s1. The van der Waals surface area contributed by atoms with Gasteiger partial charge in [0.25, 0.3) is 0 Å². The van der Waals surface area contributed by atoms with Crippen LogP contribution in [0.1, 0.15) is 26.9 Å². The maximum Gasteiger partial charge on any atom is 0.0668 e. The highest BCUT2D eigenvalue weighted by Gasteiger charge is 2.14. The van der Waals surface area contributed by atoms with Gasteiger partial charge in [0.05, 0.1) is 6.04 Å². The van der Waals surface area contributed by atoms with Crippen molar-refractivity contribution < 1.29 is 0 Å². The smallest absolute Gasteiger partial charge is 0.0668 e. The first-order chi connectivity index (χ1) is 8.11. The van der Waals surface area contributed by atoms with Crippen LogP contribution in [0.3, 0.4) is 0 Å². The summed E-state index contributed by atoms with van der Waals surface area (Å²) >= 11 is 7.89. The predicted octanol–water partition coefficient (Wildman–Crippen LogP) is 4.33. The molecule has 1 N–H and O–H groups in total. The molecule has 1 heterocycles. The molecular formula is C14H16ClNS. The number of rotatable bonds is 3. The summed E-state index contributed by atoms with van der Waals surface area (Å²) in [5, 5.41) is 4.19. The fourth-order valence-electron chi connectivity index (χ4n) is 1.93. The van der Waals surface area contributed by atoms with Gasteiger partial charge in [-0.25, -0.2) is 0 Å². The molecule has 0 aliphatic heterocycles. The van der Waals surface area contributed by atoms with Crippen LogP contribution in [-0.4, -0.2) is 7.05 Å². The Balaban J connectivity index is 2.38. The van der Waals surface area contributed by atoms with Crippen LogP contribution in [0.5, 0.6) is 0 Å². The van der Waals surface area contributed by atoms with Crippen molar-refractivity contribution in [1.29, 1.82) is 0 Å². The van der Waals surface area contributed by atoms with Gasteiger partial charge in [0.2, 0.25) is 0 Å². The third-order valence-corrected chi connectivity index (χ3v) is 4.34. The van der Waals surface area contributed by atoms with Gasteiger partial charge < -0.3 is 5.32 Å². The molecule has 1 unspecified atom stereocenters. The van der Waals surface area contributed by atoms with Crippen molar-refractivity contribution in [2.75, 3.05) is 7.05 Å². The zero-order valence-electron chi connectivity index (χ0n) is 10.3. The molecule has 0 radical (unpaired) electrons. The lowest BCUT2D eigenvalue weighted by Crippen LogP contribution is -2.16. The maximum absolute atomic E-state index is 6.06. The van der Waals surface area contributed by atoms with Crippen LogP contribution < -0.4 is 5.32 Å². The van der Waals surface area contributed by atoms with Gasteiger partial charge in [-0.05, 0) is 50.2 Å². The first kappa shape index (κ1) is 12.6. The van der Waals surface area contributed by atoms with Gasteiger partial charge in [-0.3, -0.25) is 0 Å². The molecule has 0 amide bonds. The van der Waals surface area contributed by atoms with Crippen LogP contribution in [0.15, 0.2) is 30.3 Å². The van der Waals surface area contributed by atoms with E-state index < -0.39 is 0 Å². The Morgan fingerprint density at radius 2 is 1.94 bits per heavy atom. The highest BCUT2D eigenvalue weighted by Crippen LogP contribution is 2.29. The number of nitrogens with one attached hydrogen (secondary N) is 1. The van der Waals surface area contributed by atoms with E-state index in [9.17, 15) is 0 Å². The van der Waals surface area contributed by atoms with Crippen LogP contribution in [0.25, 0.3) is 0 Å². The Bertz CT molecular complexity index is 519. The molecule has 0 aliphatic carbocycles. The van der Waals surface area contributed by atoms with Gasteiger partial charge in [-0.2, -0.15) is 0 Å². The fraction of sp³-hybridized carbons (Fsp3) is 0.286. The summed E-state index contributed by atoms with van der Waals surface area (Å²) in [4.78, 5) is 2.68. The molecule has 0 bridgehead atoms. The standard InChI is InChI=1S/C14H16ClNS/c1-9-8-11(5-6-12(9)15)14(16-3)13-7-4-10(2)17-13/h4-8,14,16H,1-3H3. The van der Waals surface area contributed by atoms with Crippen LogP contribution in [-0.2, 0) is 0 Å². The largest absolute Gasteiger partial charge is 0.309 e.